The quantitative estimate of drug-likeness (QED) is 0.868. The molecule has 0 aromatic heterocycles. The maximum atomic E-state index is 12.8. The summed E-state index contributed by atoms with van der Waals surface area (Å²) in [5.41, 5.74) is 1.56. The number of aromatic hydroxyl groups is 1. The first-order valence-electron chi connectivity index (χ1n) is 7.51. The van der Waals surface area contributed by atoms with Gasteiger partial charge in [0.1, 0.15) is 5.75 Å². The second-order valence-corrected chi connectivity index (χ2v) is 5.91. The first-order chi connectivity index (χ1) is 9.66. The van der Waals surface area contributed by atoms with Gasteiger partial charge in [-0.15, -0.1) is 0 Å². The number of nitrogens with zero attached hydrogens (tertiary/aromatic N) is 1. The van der Waals surface area contributed by atoms with Crippen molar-refractivity contribution in [2.45, 2.75) is 44.7 Å². The molecule has 3 rings (SSSR count). The Labute approximate surface area is 119 Å². The van der Waals surface area contributed by atoms with E-state index in [4.69, 9.17) is 0 Å². The van der Waals surface area contributed by atoms with E-state index in [1.807, 2.05) is 11.8 Å². The SMILES string of the molecule is Cc1cc(O)ccc1C(=O)N1CCCC1C1CCCN1. The number of carbonyl (C=O) groups is 1. The molecular formula is C16H22N2O2. The molecule has 2 aliphatic rings. The lowest BCUT2D eigenvalue weighted by molar-refractivity contribution is 0.0710. The monoisotopic (exact) mass is 274 g/mol. The molecule has 2 atom stereocenters. The van der Waals surface area contributed by atoms with Crippen molar-refractivity contribution in [1.29, 1.82) is 0 Å². The number of phenolic OH excluding ortho intramolecular Hbond substituents is 1. The van der Waals surface area contributed by atoms with E-state index in [9.17, 15) is 9.90 Å². The normalized spacial score (nSPS) is 26.1. The van der Waals surface area contributed by atoms with Crippen molar-refractivity contribution in [3.05, 3.63) is 29.3 Å². The third-order valence-electron chi connectivity index (χ3n) is 4.56. The molecule has 4 heteroatoms. The van der Waals surface area contributed by atoms with Crippen LogP contribution in [0.15, 0.2) is 18.2 Å². The Bertz CT molecular complexity index is 509. The molecule has 2 aliphatic heterocycles. The van der Waals surface area contributed by atoms with E-state index in [0.29, 0.717) is 17.6 Å². The highest BCUT2D eigenvalue weighted by Gasteiger charge is 2.36. The smallest absolute Gasteiger partial charge is 0.254 e. The van der Waals surface area contributed by atoms with Gasteiger partial charge in [-0.25, -0.2) is 0 Å². The van der Waals surface area contributed by atoms with E-state index >= 15 is 0 Å². The van der Waals surface area contributed by atoms with Gasteiger partial charge in [-0.2, -0.15) is 0 Å². The van der Waals surface area contributed by atoms with Crippen molar-refractivity contribution in [2.75, 3.05) is 13.1 Å². The summed E-state index contributed by atoms with van der Waals surface area (Å²) < 4.78 is 0. The number of phenols is 1. The fourth-order valence-corrected chi connectivity index (χ4v) is 3.55. The second-order valence-electron chi connectivity index (χ2n) is 5.91. The Balaban J connectivity index is 1.81. The van der Waals surface area contributed by atoms with Crippen LogP contribution in [0.25, 0.3) is 0 Å². The van der Waals surface area contributed by atoms with E-state index < -0.39 is 0 Å². The van der Waals surface area contributed by atoms with Crippen LogP contribution in [-0.2, 0) is 0 Å². The standard InChI is InChI=1S/C16H22N2O2/c1-11-10-12(19)6-7-13(11)16(20)18-9-3-5-15(18)14-4-2-8-17-14/h6-7,10,14-15,17,19H,2-5,8-9H2,1H3. The van der Waals surface area contributed by atoms with Gasteiger partial charge in [-0.05, 0) is 62.9 Å². The molecule has 1 aromatic carbocycles. The lowest BCUT2D eigenvalue weighted by Gasteiger charge is -2.30. The van der Waals surface area contributed by atoms with Gasteiger partial charge >= 0.3 is 0 Å². The number of hydrogen-bond acceptors (Lipinski definition) is 3. The Kier molecular flexibility index (Phi) is 3.66. The molecule has 2 N–H and O–H groups in total. The van der Waals surface area contributed by atoms with Crippen LogP contribution in [0.4, 0.5) is 0 Å². The summed E-state index contributed by atoms with van der Waals surface area (Å²) in [5, 5.41) is 13.0. The first-order valence-corrected chi connectivity index (χ1v) is 7.51. The molecule has 0 bridgehead atoms. The molecule has 2 saturated heterocycles. The van der Waals surface area contributed by atoms with Crippen LogP contribution in [0.5, 0.6) is 5.75 Å². The topological polar surface area (TPSA) is 52.6 Å². The number of likely N-dealkylation sites (tertiary alicyclic amines) is 1. The molecule has 0 saturated carbocycles. The predicted octanol–water partition coefficient (Wildman–Crippen LogP) is 2.06. The summed E-state index contributed by atoms with van der Waals surface area (Å²) in [5.74, 6) is 0.327. The zero-order valence-electron chi connectivity index (χ0n) is 11.9. The van der Waals surface area contributed by atoms with Gasteiger partial charge in [0.05, 0.1) is 0 Å². The molecule has 0 radical (unpaired) electrons. The zero-order chi connectivity index (χ0) is 14.1. The highest BCUT2D eigenvalue weighted by molar-refractivity contribution is 5.96. The first kappa shape index (κ1) is 13.4. The van der Waals surface area contributed by atoms with Crippen LogP contribution in [0.1, 0.15) is 41.6 Å². The van der Waals surface area contributed by atoms with Gasteiger partial charge in [0.2, 0.25) is 0 Å². The zero-order valence-corrected chi connectivity index (χ0v) is 11.9. The van der Waals surface area contributed by atoms with Crippen LogP contribution >= 0.6 is 0 Å². The molecule has 0 spiro atoms. The molecule has 2 unspecified atom stereocenters. The van der Waals surface area contributed by atoms with Crippen LogP contribution < -0.4 is 5.32 Å². The highest BCUT2D eigenvalue weighted by Crippen LogP contribution is 2.27. The van der Waals surface area contributed by atoms with Gasteiger partial charge in [0, 0.05) is 24.2 Å². The van der Waals surface area contributed by atoms with Crippen molar-refractivity contribution >= 4 is 5.91 Å². The lowest BCUT2D eigenvalue weighted by atomic mass is 10.0. The fourth-order valence-electron chi connectivity index (χ4n) is 3.55. The van der Waals surface area contributed by atoms with E-state index in [0.717, 1.165) is 31.5 Å². The molecule has 4 nitrogen and oxygen atoms in total. The van der Waals surface area contributed by atoms with Crippen LogP contribution in [-0.4, -0.2) is 41.1 Å². The molecule has 1 aromatic rings. The van der Waals surface area contributed by atoms with E-state index in [2.05, 4.69) is 5.32 Å². The van der Waals surface area contributed by atoms with E-state index in [1.54, 1.807) is 18.2 Å². The molecule has 108 valence electrons. The van der Waals surface area contributed by atoms with Gasteiger partial charge < -0.3 is 15.3 Å². The van der Waals surface area contributed by atoms with Gasteiger partial charge in [-0.1, -0.05) is 0 Å². The molecular weight excluding hydrogens is 252 g/mol. The highest BCUT2D eigenvalue weighted by atomic mass is 16.3. The molecule has 2 fully saturated rings. The summed E-state index contributed by atoms with van der Waals surface area (Å²) in [6.45, 7) is 3.80. The fraction of sp³-hybridized carbons (Fsp3) is 0.562. The summed E-state index contributed by atoms with van der Waals surface area (Å²) in [6, 6.07) is 5.78. The second kappa shape index (κ2) is 5.44. The number of carbonyl (C=O) groups excluding carboxylic acids is 1. The van der Waals surface area contributed by atoms with Crippen molar-refractivity contribution < 1.29 is 9.90 Å². The van der Waals surface area contributed by atoms with Crippen molar-refractivity contribution in [1.82, 2.24) is 10.2 Å². The largest absolute Gasteiger partial charge is 0.508 e. The minimum atomic E-state index is 0.110. The minimum Gasteiger partial charge on any atom is -0.508 e. The van der Waals surface area contributed by atoms with Crippen molar-refractivity contribution in [2.24, 2.45) is 0 Å². The maximum absolute atomic E-state index is 12.8. The number of benzene rings is 1. The Morgan fingerprint density at radius 1 is 1.35 bits per heavy atom. The molecule has 1 amide bonds. The van der Waals surface area contributed by atoms with E-state index in [-0.39, 0.29) is 11.7 Å². The Hall–Kier alpha value is -1.55. The third kappa shape index (κ3) is 2.40. The predicted molar refractivity (Wildman–Crippen MR) is 77.9 cm³/mol. The van der Waals surface area contributed by atoms with Gasteiger partial charge in [0.15, 0.2) is 0 Å². The number of hydrogen-bond donors (Lipinski definition) is 2. The number of rotatable bonds is 2. The third-order valence-corrected chi connectivity index (χ3v) is 4.56. The van der Waals surface area contributed by atoms with E-state index in [1.165, 1.54) is 12.8 Å². The van der Waals surface area contributed by atoms with Crippen LogP contribution in [0.3, 0.4) is 0 Å². The van der Waals surface area contributed by atoms with Crippen molar-refractivity contribution in [3.63, 3.8) is 0 Å². The molecule has 0 aliphatic carbocycles. The number of amides is 1. The van der Waals surface area contributed by atoms with Crippen LogP contribution in [0, 0.1) is 6.92 Å². The molecule has 2 heterocycles. The molecule has 20 heavy (non-hydrogen) atoms. The van der Waals surface area contributed by atoms with Crippen molar-refractivity contribution in [3.8, 4) is 5.75 Å². The average molecular weight is 274 g/mol. The number of nitrogens with one attached hydrogen (secondary N) is 1. The van der Waals surface area contributed by atoms with Gasteiger partial charge in [-0.3, -0.25) is 4.79 Å². The summed E-state index contributed by atoms with van der Waals surface area (Å²) in [6.07, 6.45) is 4.57. The lowest BCUT2D eigenvalue weighted by Crippen LogP contribution is -2.46. The summed E-state index contributed by atoms with van der Waals surface area (Å²) in [7, 11) is 0. The van der Waals surface area contributed by atoms with Crippen LogP contribution in [0.2, 0.25) is 0 Å². The van der Waals surface area contributed by atoms with Gasteiger partial charge in [0.25, 0.3) is 5.91 Å². The maximum Gasteiger partial charge on any atom is 0.254 e. The Morgan fingerprint density at radius 3 is 2.90 bits per heavy atom. The Morgan fingerprint density at radius 2 is 2.20 bits per heavy atom. The summed E-state index contributed by atoms with van der Waals surface area (Å²) in [4.78, 5) is 14.8. The average Bonchev–Trinajstić information content (AvgIpc) is 3.09. The minimum absolute atomic E-state index is 0.110. The number of aryl methyl sites for hydroxylation is 1. The summed E-state index contributed by atoms with van der Waals surface area (Å²) >= 11 is 0.